The van der Waals surface area contributed by atoms with Crippen LogP contribution >= 0.6 is 0 Å². The van der Waals surface area contributed by atoms with E-state index in [0.717, 1.165) is 28.4 Å². The molecule has 0 amide bonds. The van der Waals surface area contributed by atoms with Gasteiger partial charge in [-0.1, -0.05) is 63.1 Å². The molecule has 2 heterocycles. The van der Waals surface area contributed by atoms with Gasteiger partial charge < -0.3 is 9.05 Å². The maximum atomic E-state index is 5.54. The number of fused-ring (bicyclic) bond motifs is 2. The Morgan fingerprint density at radius 2 is 1.69 bits per heavy atom. The summed E-state index contributed by atoms with van der Waals surface area (Å²) in [5.74, 6) is 0. The molecule has 0 saturated heterocycles. The summed E-state index contributed by atoms with van der Waals surface area (Å²) in [5.41, 5.74) is 5.30. The van der Waals surface area contributed by atoms with E-state index in [1.54, 1.807) is 6.20 Å². The van der Waals surface area contributed by atoms with Gasteiger partial charge >= 0.3 is 0 Å². The fraction of sp³-hybridized carbons (Fsp3) is 0.364. The molecular formula is C22H24N2O2. The van der Waals surface area contributed by atoms with Gasteiger partial charge in [0.15, 0.2) is 11.2 Å². The van der Waals surface area contributed by atoms with Gasteiger partial charge in [0.2, 0.25) is 0 Å². The van der Waals surface area contributed by atoms with E-state index in [1.807, 2.05) is 12.3 Å². The van der Waals surface area contributed by atoms with Crippen LogP contribution in [-0.2, 0) is 17.3 Å². The summed E-state index contributed by atoms with van der Waals surface area (Å²) in [4.78, 5) is 0. The van der Waals surface area contributed by atoms with Crippen molar-refractivity contribution in [2.24, 2.45) is 0 Å². The Bertz CT molecular complexity index is 1080. The number of para-hydroxylation sites is 1. The average Bonchev–Trinajstić information content (AvgIpc) is 3.21. The largest absolute Gasteiger partial charge is 0.356 e. The molecule has 0 unspecified atom stereocenters. The molecule has 0 N–H and O–H groups in total. The van der Waals surface area contributed by atoms with E-state index in [-0.39, 0.29) is 10.8 Å². The normalized spacial score (nSPS) is 13.0. The topological polar surface area (TPSA) is 52.1 Å². The van der Waals surface area contributed by atoms with Crippen LogP contribution in [0.1, 0.15) is 51.3 Å². The van der Waals surface area contributed by atoms with E-state index < -0.39 is 0 Å². The maximum absolute atomic E-state index is 5.54. The van der Waals surface area contributed by atoms with Gasteiger partial charge in [0.1, 0.15) is 0 Å². The van der Waals surface area contributed by atoms with Crippen LogP contribution in [0.3, 0.4) is 0 Å². The van der Waals surface area contributed by atoms with Crippen molar-refractivity contribution in [2.75, 3.05) is 0 Å². The number of nitrogens with zero attached hydrogens (tertiary/aromatic N) is 2. The molecule has 4 heteroatoms. The maximum Gasteiger partial charge on any atom is 0.170 e. The molecule has 4 aromatic rings. The van der Waals surface area contributed by atoms with Crippen molar-refractivity contribution >= 4 is 21.9 Å². The molecule has 4 rings (SSSR count). The summed E-state index contributed by atoms with van der Waals surface area (Å²) in [6.45, 7) is 11.1. The smallest absolute Gasteiger partial charge is 0.170 e. The quantitative estimate of drug-likeness (QED) is 0.470. The average molecular weight is 348 g/mol. The van der Waals surface area contributed by atoms with Crippen LogP contribution in [0.25, 0.3) is 21.9 Å². The summed E-state index contributed by atoms with van der Waals surface area (Å²) < 4.78 is 11.0. The summed E-state index contributed by atoms with van der Waals surface area (Å²) in [5, 5.41) is 10.1. The molecule has 2 aromatic carbocycles. The van der Waals surface area contributed by atoms with Crippen LogP contribution < -0.4 is 0 Å². The highest BCUT2D eigenvalue weighted by Gasteiger charge is 2.27. The Kier molecular flexibility index (Phi) is 3.69. The zero-order valence-corrected chi connectivity index (χ0v) is 16.0. The molecule has 0 saturated carbocycles. The van der Waals surface area contributed by atoms with Crippen molar-refractivity contribution in [3.8, 4) is 0 Å². The molecule has 0 atom stereocenters. The molecule has 0 aliphatic carbocycles. The van der Waals surface area contributed by atoms with Crippen molar-refractivity contribution in [3.05, 3.63) is 59.4 Å². The third-order valence-corrected chi connectivity index (χ3v) is 5.17. The van der Waals surface area contributed by atoms with E-state index in [1.165, 1.54) is 16.7 Å². The van der Waals surface area contributed by atoms with E-state index in [4.69, 9.17) is 9.05 Å². The SMILES string of the molecule is CC(C)(C)c1cc(CC(C)(C)c2cccc3cnoc23)c2cnoc2c1. The van der Waals surface area contributed by atoms with Crippen molar-refractivity contribution in [1.82, 2.24) is 10.3 Å². The highest BCUT2D eigenvalue weighted by atomic mass is 16.5. The first kappa shape index (κ1) is 16.8. The molecule has 134 valence electrons. The lowest BCUT2D eigenvalue weighted by Crippen LogP contribution is -2.21. The summed E-state index contributed by atoms with van der Waals surface area (Å²) in [6.07, 6.45) is 4.45. The standard InChI is InChI=1S/C22H24N2O2/c1-21(2,3)16-9-15(17-13-24-25-19(17)10-16)11-22(4,5)18-8-6-7-14-12-23-26-20(14)18/h6-10,12-13H,11H2,1-5H3. The Morgan fingerprint density at radius 3 is 2.46 bits per heavy atom. The monoisotopic (exact) mass is 348 g/mol. The lowest BCUT2D eigenvalue weighted by atomic mass is 9.76. The summed E-state index contributed by atoms with van der Waals surface area (Å²) >= 11 is 0. The minimum Gasteiger partial charge on any atom is -0.356 e. The van der Waals surface area contributed by atoms with Gasteiger partial charge in [0.05, 0.1) is 12.4 Å². The molecule has 26 heavy (non-hydrogen) atoms. The molecule has 4 nitrogen and oxygen atoms in total. The van der Waals surface area contributed by atoms with Crippen molar-refractivity contribution in [3.63, 3.8) is 0 Å². The van der Waals surface area contributed by atoms with Gasteiger partial charge in [-0.05, 0) is 40.5 Å². The van der Waals surface area contributed by atoms with Gasteiger partial charge in [0, 0.05) is 16.3 Å². The lowest BCUT2D eigenvalue weighted by molar-refractivity contribution is 0.440. The minimum absolute atomic E-state index is 0.0464. The van der Waals surface area contributed by atoms with Gasteiger partial charge in [-0.2, -0.15) is 0 Å². The van der Waals surface area contributed by atoms with Crippen molar-refractivity contribution in [2.45, 2.75) is 51.9 Å². The second-order valence-electron chi connectivity index (χ2n) is 8.73. The summed E-state index contributed by atoms with van der Waals surface area (Å²) in [7, 11) is 0. The van der Waals surface area contributed by atoms with Crippen LogP contribution in [-0.4, -0.2) is 10.3 Å². The van der Waals surface area contributed by atoms with E-state index in [9.17, 15) is 0 Å². The number of aromatic nitrogens is 2. The van der Waals surface area contributed by atoms with Crippen LogP contribution in [0.4, 0.5) is 0 Å². The van der Waals surface area contributed by atoms with Gasteiger partial charge in [-0.15, -0.1) is 0 Å². The van der Waals surface area contributed by atoms with Crippen LogP contribution in [0.5, 0.6) is 0 Å². The van der Waals surface area contributed by atoms with Crippen molar-refractivity contribution in [1.29, 1.82) is 0 Å². The van der Waals surface area contributed by atoms with Crippen molar-refractivity contribution < 1.29 is 9.05 Å². The third-order valence-electron chi connectivity index (χ3n) is 5.17. The van der Waals surface area contributed by atoms with E-state index in [0.29, 0.717) is 0 Å². The van der Waals surface area contributed by atoms with Gasteiger partial charge in [0.25, 0.3) is 0 Å². The minimum atomic E-state index is -0.125. The first-order chi connectivity index (χ1) is 12.3. The first-order valence-corrected chi connectivity index (χ1v) is 8.97. The molecule has 0 bridgehead atoms. The van der Waals surface area contributed by atoms with E-state index in [2.05, 4.69) is 69.2 Å². The first-order valence-electron chi connectivity index (χ1n) is 8.97. The predicted octanol–water partition coefficient (Wildman–Crippen LogP) is 5.79. The van der Waals surface area contributed by atoms with Gasteiger partial charge in [-0.3, -0.25) is 0 Å². The Hall–Kier alpha value is -2.62. The van der Waals surface area contributed by atoms with Crippen LogP contribution in [0, 0.1) is 0 Å². The fourth-order valence-electron chi connectivity index (χ4n) is 3.62. The predicted molar refractivity (Wildman–Crippen MR) is 103 cm³/mol. The van der Waals surface area contributed by atoms with Crippen LogP contribution in [0.15, 0.2) is 51.8 Å². The molecule has 0 aliphatic heterocycles. The Morgan fingerprint density at radius 1 is 0.923 bits per heavy atom. The zero-order chi connectivity index (χ0) is 18.5. The second kappa shape index (κ2) is 5.70. The molecule has 0 spiro atoms. The Balaban J connectivity index is 1.83. The number of hydrogen-bond acceptors (Lipinski definition) is 4. The van der Waals surface area contributed by atoms with Crippen LogP contribution in [0.2, 0.25) is 0 Å². The molecular weight excluding hydrogens is 324 g/mol. The van der Waals surface area contributed by atoms with Gasteiger partial charge in [-0.25, -0.2) is 0 Å². The third kappa shape index (κ3) is 2.79. The number of benzene rings is 2. The number of hydrogen-bond donors (Lipinski definition) is 0. The molecule has 2 aromatic heterocycles. The summed E-state index contributed by atoms with van der Waals surface area (Å²) in [6, 6.07) is 10.6. The zero-order valence-electron chi connectivity index (χ0n) is 16.0. The Labute approximate surface area is 153 Å². The molecule has 0 aliphatic rings. The second-order valence-corrected chi connectivity index (χ2v) is 8.73. The highest BCUT2D eigenvalue weighted by Crippen LogP contribution is 2.36. The van der Waals surface area contributed by atoms with E-state index >= 15 is 0 Å². The lowest BCUT2D eigenvalue weighted by Gasteiger charge is -2.27. The highest BCUT2D eigenvalue weighted by molar-refractivity contribution is 5.82. The fourth-order valence-corrected chi connectivity index (χ4v) is 3.62. The number of rotatable bonds is 3. The molecule has 0 fully saturated rings. The molecule has 0 radical (unpaired) electrons.